The monoisotopic (exact) mass is 295 g/mol. The van der Waals surface area contributed by atoms with Gasteiger partial charge in [0.2, 0.25) is 6.79 Å². The van der Waals surface area contributed by atoms with Crippen LogP contribution in [-0.2, 0) is 6.42 Å². The van der Waals surface area contributed by atoms with Crippen LogP contribution in [0.15, 0.2) is 53.6 Å². The van der Waals surface area contributed by atoms with Gasteiger partial charge in [0.25, 0.3) is 5.56 Å². The van der Waals surface area contributed by atoms with Crippen molar-refractivity contribution < 1.29 is 9.47 Å². The minimum atomic E-state index is -0.101. The standard InChI is InChI=1S/C16H13N3O3/c20-16-12(9-18-19(16)15-3-1-2-6-17-15)7-11-4-5-13-14(8-11)22-10-21-13/h1-6,8-9,18H,7,10H2. The van der Waals surface area contributed by atoms with Gasteiger partial charge < -0.3 is 9.47 Å². The van der Waals surface area contributed by atoms with Gasteiger partial charge in [0.05, 0.1) is 0 Å². The van der Waals surface area contributed by atoms with Crippen molar-refractivity contribution in [3.05, 3.63) is 70.3 Å². The Kier molecular flexibility index (Phi) is 2.93. The number of H-pyrrole nitrogens is 1. The number of ether oxygens (including phenoxy) is 2. The van der Waals surface area contributed by atoms with Gasteiger partial charge in [-0.25, -0.2) is 9.67 Å². The maximum atomic E-state index is 12.4. The minimum absolute atomic E-state index is 0.101. The summed E-state index contributed by atoms with van der Waals surface area (Å²) in [5, 5.41) is 2.95. The molecule has 0 spiro atoms. The molecule has 4 rings (SSSR count). The lowest BCUT2D eigenvalue weighted by Gasteiger charge is -2.01. The van der Waals surface area contributed by atoms with E-state index in [0.717, 1.165) is 17.1 Å². The molecule has 1 aliphatic heterocycles. The van der Waals surface area contributed by atoms with E-state index in [1.54, 1.807) is 18.5 Å². The Bertz CT molecular complexity index is 868. The number of pyridine rings is 1. The normalized spacial score (nSPS) is 12.5. The summed E-state index contributed by atoms with van der Waals surface area (Å²) in [6.45, 7) is 0.245. The molecule has 6 heteroatoms. The number of fused-ring (bicyclic) bond motifs is 1. The summed E-state index contributed by atoms with van der Waals surface area (Å²) in [6.07, 6.45) is 3.88. The Morgan fingerprint density at radius 3 is 2.95 bits per heavy atom. The summed E-state index contributed by atoms with van der Waals surface area (Å²) >= 11 is 0. The molecular weight excluding hydrogens is 282 g/mol. The van der Waals surface area contributed by atoms with Crippen LogP contribution in [0.2, 0.25) is 0 Å². The molecule has 0 saturated heterocycles. The number of rotatable bonds is 3. The largest absolute Gasteiger partial charge is 0.454 e. The third-order valence-electron chi connectivity index (χ3n) is 3.56. The van der Waals surface area contributed by atoms with Gasteiger partial charge in [-0.05, 0) is 29.8 Å². The van der Waals surface area contributed by atoms with Gasteiger partial charge in [0.1, 0.15) is 0 Å². The van der Waals surface area contributed by atoms with Gasteiger partial charge in [0, 0.05) is 24.4 Å². The second kappa shape index (κ2) is 5.07. The van der Waals surface area contributed by atoms with Gasteiger partial charge in [-0.1, -0.05) is 12.1 Å². The van der Waals surface area contributed by atoms with E-state index in [0.29, 0.717) is 17.8 Å². The third kappa shape index (κ3) is 2.14. The van der Waals surface area contributed by atoms with Crippen molar-refractivity contribution in [3.8, 4) is 17.3 Å². The Morgan fingerprint density at radius 2 is 2.09 bits per heavy atom. The molecule has 1 aromatic carbocycles. The zero-order valence-electron chi connectivity index (χ0n) is 11.7. The molecule has 110 valence electrons. The molecule has 6 nitrogen and oxygen atoms in total. The highest BCUT2D eigenvalue weighted by Gasteiger charge is 2.15. The van der Waals surface area contributed by atoms with E-state index in [4.69, 9.17) is 9.47 Å². The Labute approximate surface area is 125 Å². The summed E-state index contributed by atoms with van der Waals surface area (Å²) in [5.41, 5.74) is 1.56. The van der Waals surface area contributed by atoms with E-state index in [1.165, 1.54) is 4.68 Å². The molecule has 1 N–H and O–H groups in total. The zero-order chi connectivity index (χ0) is 14.9. The van der Waals surface area contributed by atoms with Gasteiger partial charge in [-0.3, -0.25) is 9.89 Å². The molecule has 0 atom stereocenters. The average Bonchev–Trinajstić information content (AvgIpc) is 3.15. The molecule has 0 saturated carbocycles. The molecule has 0 bridgehead atoms. The highest BCUT2D eigenvalue weighted by atomic mass is 16.7. The number of benzene rings is 1. The van der Waals surface area contributed by atoms with Crippen LogP contribution < -0.4 is 15.0 Å². The van der Waals surface area contributed by atoms with Gasteiger partial charge in [-0.15, -0.1) is 0 Å². The molecule has 0 unspecified atom stereocenters. The van der Waals surface area contributed by atoms with Crippen LogP contribution >= 0.6 is 0 Å². The first-order valence-electron chi connectivity index (χ1n) is 6.90. The Balaban J connectivity index is 1.65. The molecule has 0 fully saturated rings. The number of hydrogen-bond acceptors (Lipinski definition) is 4. The Hall–Kier alpha value is -3.02. The quantitative estimate of drug-likeness (QED) is 0.801. The molecule has 0 amide bonds. The first kappa shape index (κ1) is 12.7. The van der Waals surface area contributed by atoms with E-state index in [2.05, 4.69) is 10.1 Å². The van der Waals surface area contributed by atoms with Crippen LogP contribution in [0.3, 0.4) is 0 Å². The zero-order valence-corrected chi connectivity index (χ0v) is 11.7. The number of nitrogens with zero attached hydrogens (tertiary/aromatic N) is 2. The smallest absolute Gasteiger partial charge is 0.276 e. The lowest BCUT2D eigenvalue weighted by molar-refractivity contribution is 0.174. The first-order valence-corrected chi connectivity index (χ1v) is 6.90. The minimum Gasteiger partial charge on any atom is -0.454 e. The van der Waals surface area contributed by atoms with Crippen molar-refractivity contribution in [1.82, 2.24) is 14.8 Å². The summed E-state index contributed by atoms with van der Waals surface area (Å²) in [5.74, 6) is 2.03. The van der Waals surface area contributed by atoms with E-state index in [-0.39, 0.29) is 12.4 Å². The van der Waals surface area contributed by atoms with Crippen molar-refractivity contribution in [1.29, 1.82) is 0 Å². The maximum absolute atomic E-state index is 12.4. The molecular formula is C16H13N3O3. The lowest BCUT2D eigenvalue weighted by Crippen LogP contribution is -2.18. The Morgan fingerprint density at radius 1 is 1.18 bits per heavy atom. The number of aromatic nitrogens is 3. The topological polar surface area (TPSA) is 69.1 Å². The highest BCUT2D eigenvalue weighted by molar-refractivity contribution is 5.45. The van der Waals surface area contributed by atoms with E-state index in [9.17, 15) is 4.79 Å². The maximum Gasteiger partial charge on any atom is 0.276 e. The van der Waals surface area contributed by atoms with E-state index < -0.39 is 0 Å². The van der Waals surface area contributed by atoms with Gasteiger partial charge in [0.15, 0.2) is 17.3 Å². The summed E-state index contributed by atoms with van der Waals surface area (Å²) in [7, 11) is 0. The van der Waals surface area contributed by atoms with Crippen molar-refractivity contribution in [2.24, 2.45) is 0 Å². The number of nitrogens with one attached hydrogen (secondary N) is 1. The molecule has 3 heterocycles. The van der Waals surface area contributed by atoms with Crippen LogP contribution in [0.5, 0.6) is 11.5 Å². The van der Waals surface area contributed by atoms with Crippen LogP contribution in [0.25, 0.3) is 5.82 Å². The predicted octanol–water partition coefficient (Wildman–Crippen LogP) is 1.88. The predicted molar refractivity (Wildman–Crippen MR) is 79.6 cm³/mol. The van der Waals surface area contributed by atoms with Crippen LogP contribution in [-0.4, -0.2) is 21.6 Å². The fourth-order valence-electron chi connectivity index (χ4n) is 2.46. The van der Waals surface area contributed by atoms with E-state index in [1.807, 2.05) is 30.3 Å². The number of hydrogen-bond donors (Lipinski definition) is 1. The van der Waals surface area contributed by atoms with Crippen LogP contribution in [0, 0.1) is 0 Å². The van der Waals surface area contributed by atoms with Crippen molar-refractivity contribution in [2.75, 3.05) is 6.79 Å². The average molecular weight is 295 g/mol. The summed E-state index contributed by atoms with van der Waals surface area (Å²) < 4.78 is 12.1. The fourth-order valence-corrected chi connectivity index (χ4v) is 2.46. The third-order valence-corrected chi connectivity index (χ3v) is 3.56. The molecule has 0 aliphatic carbocycles. The molecule has 22 heavy (non-hydrogen) atoms. The second-order valence-corrected chi connectivity index (χ2v) is 4.99. The molecule has 0 radical (unpaired) electrons. The molecule has 2 aromatic heterocycles. The SMILES string of the molecule is O=c1c(Cc2ccc3c(c2)OCO3)c[nH]n1-c1ccccn1. The highest BCUT2D eigenvalue weighted by Crippen LogP contribution is 2.32. The first-order chi connectivity index (χ1) is 10.8. The van der Waals surface area contributed by atoms with Crippen LogP contribution in [0.4, 0.5) is 0 Å². The van der Waals surface area contributed by atoms with Gasteiger partial charge in [-0.2, -0.15) is 0 Å². The number of aromatic amines is 1. The van der Waals surface area contributed by atoms with E-state index >= 15 is 0 Å². The fraction of sp³-hybridized carbons (Fsp3) is 0.125. The van der Waals surface area contributed by atoms with Gasteiger partial charge >= 0.3 is 0 Å². The summed E-state index contributed by atoms with van der Waals surface area (Å²) in [6, 6.07) is 11.1. The van der Waals surface area contributed by atoms with Crippen molar-refractivity contribution in [2.45, 2.75) is 6.42 Å². The molecule has 1 aliphatic rings. The molecule has 3 aromatic rings. The van der Waals surface area contributed by atoms with Crippen molar-refractivity contribution >= 4 is 0 Å². The van der Waals surface area contributed by atoms with Crippen LogP contribution in [0.1, 0.15) is 11.1 Å². The van der Waals surface area contributed by atoms with Crippen molar-refractivity contribution in [3.63, 3.8) is 0 Å². The second-order valence-electron chi connectivity index (χ2n) is 4.99. The lowest BCUT2D eigenvalue weighted by atomic mass is 10.1. The summed E-state index contributed by atoms with van der Waals surface area (Å²) in [4.78, 5) is 16.6.